The van der Waals surface area contributed by atoms with Crippen LogP contribution in [-0.2, 0) is 0 Å². The topological polar surface area (TPSA) is 36.4 Å². The summed E-state index contributed by atoms with van der Waals surface area (Å²) in [4.78, 5) is 4.11. The molecule has 2 atom stereocenters. The number of unbranched alkanes of at least 4 members (excludes halogenated alkanes) is 1. The number of guanidine groups is 1. The molecule has 0 aliphatic heterocycles. The third-order valence-electron chi connectivity index (χ3n) is 3.46. The second kappa shape index (κ2) is 10.8. The van der Waals surface area contributed by atoms with Gasteiger partial charge in [-0.15, -0.1) is 24.0 Å². The minimum atomic E-state index is -4.05. The van der Waals surface area contributed by atoms with Crippen molar-refractivity contribution >= 4 is 41.7 Å². The first-order chi connectivity index (χ1) is 9.44. The van der Waals surface area contributed by atoms with Crippen LogP contribution in [0.1, 0.15) is 38.5 Å². The van der Waals surface area contributed by atoms with Gasteiger partial charge in [0.1, 0.15) is 0 Å². The van der Waals surface area contributed by atoms with Gasteiger partial charge in [-0.3, -0.25) is 4.99 Å². The van der Waals surface area contributed by atoms with Crippen molar-refractivity contribution in [3.8, 4) is 0 Å². The van der Waals surface area contributed by atoms with E-state index in [1.807, 2.05) is 11.8 Å². The number of nitrogens with one attached hydrogen (secondary N) is 2. The molecule has 0 radical (unpaired) electrons. The molecule has 0 spiro atoms. The van der Waals surface area contributed by atoms with E-state index < -0.39 is 12.6 Å². The Morgan fingerprint density at radius 1 is 1.29 bits per heavy atom. The van der Waals surface area contributed by atoms with Crippen molar-refractivity contribution in [1.29, 1.82) is 0 Å². The van der Waals surface area contributed by atoms with Crippen LogP contribution >= 0.6 is 35.7 Å². The number of hydrogen-bond donors (Lipinski definition) is 2. The van der Waals surface area contributed by atoms with Gasteiger partial charge >= 0.3 is 6.18 Å². The van der Waals surface area contributed by atoms with E-state index in [1.165, 1.54) is 6.42 Å². The molecule has 0 aromatic heterocycles. The molecule has 21 heavy (non-hydrogen) atoms. The predicted molar refractivity (Wildman–Crippen MR) is 94.8 cm³/mol. The van der Waals surface area contributed by atoms with Gasteiger partial charge in [-0.1, -0.05) is 0 Å². The largest absolute Gasteiger partial charge is 0.389 e. The molecule has 1 saturated carbocycles. The van der Waals surface area contributed by atoms with E-state index in [1.54, 1.807) is 7.05 Å². The van der Waals surface area contributed by atoms with Gasteiger partial charge in [0.25, 0.3) is 0 Å². The van der Waals surface area contributed by atoms with Gasteiger partial charge in [0.05, 0.1) is 0 Å². The molecule has 126 valence electrons. The third kappa shape index (κ3) is 9.70. The van der Waals surface area contributed by atoms with Gasteiger partial charge in [0.2, 0.25) is 0 Å². The molecule has 0 aromatic rings. The zero-order valence-corrected chi connectivity index (χ0v) is 15.6. The minimum Gasteiger partial charge on any atom is -0.356 e. The molecule has 0 saturated heterocycles. The van der Waals surface area contributed by atoms with Gasteiger partial charge < -0.3 is 10.6 Å². The summed E-state index contributed by atoms with van der Waals surface area (Å²) in [6.45, 7) is 0.522. The molecule has 0 aromatic carbocycles. The van der Waals surface area contributed by atoms with Crippen LogP contribution in [0.15, 0.2) is 4.99 Å². The number of rotatable bonds is 6. The molecule has 1 rings (SSSR count). The minimum absolute atomic E-state index is 0. The highest BCUT2D eigenvalue weighted by Gasteiger charge is 2.26. The van der Waals surface area contributed by atoms with Crippen LogP contribution in [-0.4, -0.2) is 43.3 Å². The highest BCUT2D eigenvalue weighted by molar-refractivity contribution is 14.0. The van der Waals surface area contributed by atoms with Crippen LogP contribution in [0.4, 0.5) is 13.2 Å². The summed E-state index contributed by atoms with van der Waals surface area (Å²) >= 11 is 1.89. The first kappa shape index (κ1) is 21.1. The molecular weight excluding hydrogens is 414 g/mol. The molecule has 2 unspecified atom stereocenters. The summed E-state index contributed by atoms with van der Waals surface area (Å²) in [6, 6.07) is 0.425. The van der Waals surface area contributed by atoms with E-state index in [-0.39, 0.29) is 30.4 Å². The average Bonchev–Trinajstić information content (AvgIpc) is 2.83. The molecule has 8 heteroatoms. The van der Waals surface area contributed by atoms with Gasteiger partial charge in [-0.25, -0.2) is 0 Å². The smallest absolute Gasteiger partial charge is 0.356 e. The summed E-state index contributed by atoms with van der Waals surface area (Å²) in [5.41, 5.74) is 0. The number of halogens is 4. The fraction of sp³-hybridized carbons (Fsp3) is 0.923. The molecule has 0 amide bonds. The lowest BCUT2D eigenvalue weighted by Gasteiger charge is -2.17. The second-order valence-electron chi connectivity index (χ2n) is 5.08. The molecule has 1 aliphatic carbocycles. The van der Waals surface area contributed by atoms with Gasteiger partial charge in [0, 0.05) is 31.3 Å². The number of nitrogens with zero attached hydrogens (tertiary/aromatic N) is 1. The van der Waals surface area contributed by atoms with Crippen molar-refractivity contribution in [2.24, 2.45) is 4.99 Å². The monoisotopic (exact) mass is 439 g/mol. The van der Waals surface area contributed by atoms with Gasteiger partial charge in [0.15, 0.2) is 5.96 Å². The van der Waals surface area contributed by atoms with Crippen LogP contribution in [0, 0.1) is 0 Å². The standard InChI is InChI=1S/C13H24F3N3S.HI/c1-17-12(18-8-4-3-7-13(14,15)16)19-10-5-6-11(9-10)20-2;/h10-11H,3-9H2,1-2H3,(H2,17,18,19);1H. The maximum absolute atomic E-state index is 12.0. The predicted octanol–water partition coefficient (Wildman–Crippen LogP) is 3.79. The highest BCUT2D eigenvalue weighted by atomic mass is 127. The van der Waals surface area contributed by atoms with Crippen molar-refractivity contribution in [2.75, 3.05) is 19.8 Å². The van der Waals surface area contributed by atoms with E-state index in [0.29, 0.717) is 30.2 Å². The van der Waals surface area contributed by atoms with E-state index in [4.69, 9.17) is 0 Å². The maximum atomic E-state index is 12.0. The normalized spacial score (nSPS) is 22.8. The summed E-state index contributed by atoms with van der Waals surface area (Å²) < 4.78 is 36.0. The SMILES string of the molecule is CN=C(NCCCCC(F)(F)F)NC1CCC(SC)C1.I. The molecule has 3 nitrogen and oxygen atoms in total. The molecule has 0 bridgehead atoms. The lowest BCUT2D eigenvalue weighted by molar-refractivity contribution is -0.135. The Balaban J connectivity index is 0.00000400. The molecule has 0 heterocycles. The molecular formula is C13H25F3IN3S. The van der Waals surface area contributed by atoms with E-state index >= 15 is 0 Å². The Kier molecular flexibility index (Phi) is 10.9. The lowest BCUT2D eigenvalue weighted by Crippen LogP contribution is -2.42. The molecule has 2 N–H and O–H groups in total. The van der Waals surface area contributed by atoms with Crippen LogP contribution in [0.5, 0.6) is 0 Å². The van der Waals surface area contributed by atoms with Crippen molar-refractivity contribution in [3.05, 3.63) is 0 Å². The van der Waals surface area contributed by atoms with Crippen LogP contribution in [0.25, 0.3) is 0 Å². The van der Waals surface area contributed by atoms with E-state index in [0.717, 1.165) is 12.8 Å². The number of aliphatic imine (C=N–C) groups is 1. The van der Waals surface area contributed by atoms with Crippen molar-refractivity contribution in [1.82, 2.24) is 10.6 Å². The van der Waals surface area contributed by atoms with Crippen LogP contribution in [0.2, 0.25) is 0 Å². The summed E-state index contributed by atoms with van der Waals surface area (Å²) in [5.74, 6) is 0.698. The maximum Gasteiger partial charge on any atom is 0.389 e. The Morgan fingerprint density at radius 2 is 2.00 bits per heavy atom. The van der Waals surface area contributed by atoms with Gasteiger partial charge in [-0.05, 0) is 38.4 Å². The molecule has 1 fully saturated rings. The van der Waals surface area contributed by atoms with Crippen LogP contribution < -0.4 is 10.6 Å². The Bertz CT molecular complexity index is 314. The fourth-order valence-corrected chi connectivity index (χ4v) is 3.13. The van der Waals surface area contributed by atoms with E-state index in [9.17, 15) is 13.2 Å². The summed E-state index contributed by atoms with van der Waals surface area (Å²) in [6.07, 6.45) is 1.48. The first-order valence-corrected chi connectivity index (χ1v) is 8.30. The van der Waals surface area contributed by atoms with E-state index in [2.05, 4.69) is 21.9 Å². The van der Waals surface area contributed by atoms with Gasteiger partial charge in [-0.2, -0.15) is 24.9 Å². The Labute approximate surface area is 146 Å². The number of hydrogen-bond acceptors (Lipinski definition) is 2. The average molecular weight is 439 g/mol. The van der Waals surface area contributed by atoms with Crippen molar-refractivity contribution in [3.63, 3.8) is 0 Å². The first-order valence-electron chi connectivity index (χ1n) is 7.01. The fourth-order valence-electron chi connectivity index (χ4n) is 2.33. The highest BCUT2D eigenvalue weighted by Crippen LogP contribution is 2.28. The number of alkyl halides is 3. The molecule has 1 aliphatic rings. The zero-order valence-electron chi connectivity index (χ0n) is 12.5. The Hall–Kier alpha value is 0.140. The van der Waals surface area contributed by atoms with Crippen LogP contribution in [0.3, 0.4) is 0 Å². The lowest BCUT2D eigenvalue weighted by atomic mass is 10.2. The van der Waals surface area contributed by atoms with Crippen molar-refractivity contribution < 1.29 is 13.2 Å². The van der Waals surface area contributed by atoms with Crippen molar-refractivity contribution in [2.45, 2.75) is 56.0 Å². The Morgan fingerprint density at radius 3 is 2.52 bits per heavy atom. The zero-order chi connectivity index (χ0) is 15.0. The summed E-state index contributed by atoms with van der Waals surface area (Å²) in [5, 5.41) is 7.13. The summed E-state index contributed by atoms with van der Waals surface area (Å²) in [7, 11) is 1.69. The second-order valence-corrected chi connectivity index (χ2v) is 6.22. The number of thioether (sulfide) groups is 1. The quantitative estimate of drug-likeness (QED) is 0.286. The third-order valence-corrected chi connectivity index (χ3v) is 4.56.